The molecular formula is C12H22N2O3. The zero-order valence-corrected chi connectivity index (χ0v) is 10.3. The van der Waals surface area contributed by atoms with E-state index in [1.807, 2.05) is 6.92 Å². The fraction of sp³-hybridized carbons (Fsp3) is 0.833. The molecule has 1 fully saturated rings. The second-order valence-corrected chi connectivity index (χ2v) is 4.98. The lowest BCUT2D eigenvalue weighted by molar-refractivity contribution is -0.138. The van der Waals surface area contributed by atoms with Gasteiger partial charge >= 0.3 is 5.97 Å². The van der Waals surface area contributed by atoms with Crippen LogP contribution in [0.25, 0.3) is 0 Å². The van der Waals surface area contributed by atoms with Crippen molar-refractivity contribution in [2.45, 2.75) is 32.6 Å². The molecule has 0 aromatic carbocycles. The third kappa shape index (κ3) is 4.34. The predicted molar refractivity (Wildman–Crippen MR) is 64.3 cm³/mol. The summed E-state index contributed by atoms with van der Waals surface area (Å²) in [6, 6.07) is 0. The summed E-state index contributed by atoms with van der Waals surface area (Å²) in [5, 5.41) is 11.4. The maximum atomic E-state index is 11.9. The van der Waals surface area contributed by atoms with E-state index in [0.717, 1.165) is 19.3 Å². The van der Waals surface area contributed by atoms with Gasteiger partial charge in [0.15, 0.2) is 0 Å². The van der Waals surface area contributed by atoms with E-state index in [1.54, 1.807) is 0 Å². The maximum absolute atomic E-state index is 11.9. The molecule has 5 nitrogen and oxygen atoms in total. The van der Waals surface area contributed by atoms with Crippen LogP contribution < -0.4 is 11.1 Å². The van der Waals surface area contributed by atoms with Crippen molar-refractivity contribution < 1.29 is 14.7 Å². The van der Waals surface area contributed by atoms with Gasteiger partial charge in [0.05, 0.1) is 0 Å². The van der Waals surface area contributed by atoms with Gasteiger partial charge in [0.1, 0.15) is 0 Å². The molecule has 0 radical (unpaired) electrons. The van der Waals surface area contributed by atoms with Crippen LogP contribution in [0.5, 0.6) is 0 Å². The predicted octanol–water partition coefficient (Wildman–Crippen LogP) is 0.588. The quantitative estimate of drug-likeness (QED) is 0.635. The molecule has 98 valence electrons. The summed E-state index contributed by atoms with van der Waals surface area (Å²) in [4.78, 5) is 22.4. The lowest BCUT2D eigenvalue weighted by Crippen LogP contribution is -2.37. The fourth-order valence-corrected chi connectivity index (χ4v) is 2.44. The molecule has 0 spiro atoms. The van der Waals surface area contributed by atoms with Crippen molar-refractivity contribution >= 4 is 11.9 Å². The van der Waals surface area contributed by atoms with Crippen molar-refractivity contribution in [2.75, 3.05) is 13.1 Å². The van der Waals surface area contributed by atoms with E-state index in [2.05, 4.69) is 5.32 Å². The van der Waals surface area contributed by atoms with Crippen LogP contribution in [-0.2, 0) is 9.59 Å². The van der Waals surface area contributed by atoms with Crippen molar-refractivity contribution in [2.24, 2.45) is 23.5 Å². The number of amides is 1. The van der Waals surface area contributed by atoms with Crippen LogP contribution in [0.4, 0.5) is 0 Å². The lowest BCUT2D eigenvalue weighted by Gasteiger charge is -2.18. The van der Waals surface area contributed by atoms with Crippen molar-refractivity contribution in [1.29, 1.82) is 0 Å². The first-order chi connectivity index (χ1) is 8.04. The number of nitrogens with two attached hydrogens (primary N) is 1. The minimum Gasteiger partial charge on any atom is -0.481 e. The van der Waals surface area contributed by atoms with Crippen LogP contribution in [0, 0.1) is 17.8 Å². The Morgan fingerprint density at radius 1 is 1.47 bits per heavy atom. The summed E-state index contributed by atoms with van der Waals surface area (Å²) in [5.74, 6) is -0.501. The van der Waals surface area contributed by atoms with Crippen LogP contribution >= 0.6 is 0 Å². The molecule has 4 N–H and O–H groups in total. The number of hydrogen-bond acceptors (Lipinski definition) is 3. The Morgan fingerprint density at radius 2 is 2.18 bits per heavy atom. The molecule has 0 bridgehead atoms. The summed E-state index contributed by atoms with van der Waals surface area (Å²) >= 11 is 0. The highest BCUT2D eigenvalue weighted by Gasteiger charge is 2.31. The van der Waals surface area contributed by atoms with Crippen LogP contribution in [-0.4, -0.2) is 30.1 Å². The number of carbonyl (C=O) groups is 2. The highest BCUT2D eigenvalue weighted by atomic mass is 16.4. The standard InChI is InChI=1S/C12H22N2O3/c1-8(5-11(15)16)7-14-12(17)10-4-2-3-9(10)6-13/h8-10H,2-7,13H2,1H3,(H,14,17)(H,15,16). The summed E-state index contributed by atoms with van der Waals surface area (Å²) in [6.07, 6.45) is 3.08. The Labute approximate surface area is 102 Å². The molecule has 1 aliphatic carbocycles. The van der Waals surface area contributed by atoms with E-state index in [1.165, 1.54) is 0 Å². The van der Waals surface area contributed by atoms with Gasteiger partial charge in [-0.2, -0.15) is 0 Å². The smallest absolute Gasteiger partial charge is 0.303 e. The largest absolute Gasteiger partial charge is 0.481 e. The first kappa shape index (κ1) is 14.0. The van der Waals surface area contributed by atoms with Crippen LogP contribution in [0.1, 0.15) is 32.6 Å². The van der Waals surface area contributed by atoms with Gasteiger partial charge in [-0.3, -0.25) is 9.59 Å². The van der Waals surface area contributed by atoms with E-state index in [4.69, 9.17) is 10.8 Å². The number of nitrogens with one attached hydrogen (secondary N) is 1. The Bertz CT molecular complexity index is 281. The van der Waals surface area contributed by atoms with Gasteiger partial charge in [0.2, 0.25) is 5.91 Å². The topological polar surface area (TPSA) is 92.4 Å². The summed E-state index contributed by atoms with van der Waals surface area (Å²) in [6.45, 7) is 2.81. The van der Waals surface area contributed by atoms with Gasteiger partial charge in [-0.05, 0) is 31.2 Å². The third-order valence-corrected chi connectivity index (χ3v) is 3.45. The second-order valence-electron chi connectivity index (χ2n) is 4.98. The molecule has 3 atom stereocenters. The average molecular weight is 242 g/mol. The number of aliphatic carboxylic acids is 1. The van der Waals surface area contributed by atoms with Gasteiger partial charge in [-0.25, -0.2) is 0 Å². The molecule has 17 heavy (non-hydrogen) atoms. The van der Waals surface area contributed by atoms with Gasteiger partial charge in [-0.15, -0.1) is 0 Å². The Balaban J connectivity index is 2.31. The normalized spacial score (nSPS) is 25.5. The first-order valence-corrected chi connectivity index (χ1v) is 6.24. The van der Waals surface area contributed by atoms with E-state index in [9.17, 15) is 9.59 Å². The summed E-state index contributed by atoms with van der Waals surface area (Å²) in [5.41, 5.74) is 5.63. The molecule has 1 saturated carbocycles. The first-order valence-electron chi connectivity index (χ1n) is 6.24. The number of rotatable bonds is 6. The van der Waals surface area contributed by atoms with Gasteiger partial charge in [0, 0.05) is 18.9 Å². The molecule has 1 aliphatic rings. The number of carboxylic acids is 1. The maximum Gasteiger partial charge on any atom is 0.303 e. The molecular weight excluding hydrogens is 220 g/mol. The number of carbonyl (C=O) groups excluding carboxylic acids is 1. The lowest BCUT2D eigenvalue weighted by atomic mass is 9.95. The van der Waals surface area contributed by atoms with E-state index >= 15 is 0 Å². The van der Waals surface area contributed by atoms with Crippen LogP contribution in [0.2, 0.25) is 0 Å². The molecule has 0 aromatic heterocycles. The van der Waals surface area contributed by atoms with E-state index in [-0.39, 0.29) is 24.2 Å². The molecule has 0 aliphatic heterocycles. The Kier molecular flexibility index (Phi) is 5.41. The Morgan fingerprint density at radius 3 is 2.76 bits per heavy atom. The molecule has 1 rings (SSSR count). The summed E-state index contributed by atoms with van der Waals surface area (Å²) < 4.78 is 0. The monoisotopic (exact) mass is 242 g/mol. The fourth-order valence-electron chi connectivity index (χ4n) is 2.44. The van der Waals surface area contributed by atoms with Crippen molar-refractivity contribution in [3.05, 3.63) is 0 Å². The molecule has 3 unspecified atom stereocenters. The van der Waals surface area contributed by atoms with Gasteiger partial charge < -0.3 is 16.2 Å². The molecule has 0 saturated heterocycles. The number of carboxylic acid groups (broad SMARTS) is 1. The van der Waals surface area contributed by atoms with Crippen molar-refractivity contribution in [1.82, 2.24) is 5.32 Å². The van der Waals surface area contributed by atoms with E-state index < -0.39 is 5.97 Å². The number of hydrogen-bond donors (Lipinski definition) is 3. The molecule has 1 amide bonds. The van der Waals surface area contributed by atoms with Gasteiger partial charge in [0.25, 0.3) is 0 Å². The Hall–Kier alpha value is -1.10. The molecule has 0 aromatic rings. The highest BCUT2D eigenvalue weighted by molar-refractivity contribution is 5.79. The van der Waals surface area contributed by atoms with Crippen LogP contribution in [0.15, 0.2) is 0 Å². The molecule has 5 heteroatoms. The van der Waals surface area contributed by atoms with Crippen LogP contribution in [0.3, 0.4) is 0 Å². The SMILES string of the molecule is CC(CNC(=O)C1CCCC1CN)CC(=O)O. The third-order valence-electron chi connectivity index (χ3n) is 3.45. The minimum absolute atomic E-state index is 0.0250. The zero-order chi connectivity index (χ0) is 12.8. The van der Waals surface area contributed by atoms with Gasteiger partial charge in [-0.1, -0.05) is 13.3 Å². The zero-order valence-electron chi connectivity index (χ0n) is 10.3. The second kappa shape index (κ2) is 6.59. The van der Waals surface area contributed by atoms with E-state index in [0.29, 0.717) is 19.0 Å². The minimum atomic E-state index is -0.826. The van der Waals surface area contributed by atoms with Crippen molar-refractivity contribution in [3.8, 4) is 0 Å². The average Bonchev–Trinajstić information content (AvgIpc) is 2.72. The van der Waals surface area contributed by atoms with Crippen molar-refractivity contribution in [3.63, 3.8) is 0 Å². The highest BCUT2D eigenvalue weighted by Crippen LogP contribution is 2.30. The summed E-state index contributed by atoms with van der Waals surface area (Å²) in [7, 11) is 0. The molecule has 0 heterocycles.